The average molecular weight is 212 g/mol. The van der Waals surface area contributed by atoms with Crippen LogP contribution in [0.2, 0.25) is 0 Å². The number of nitrogens with zero attached hydrogens (tertiary/aromatic N) is 1. The van der Waals surface area contributed by atoms with Crippen LogP contribution in [0.25, 0.3) is 0 Å². The number of hydrogen-bond acceptors (Lipinski definition) is 4. The van der Waals surface area contributed by atoms with Gasteiger partial charge in [0.05, 0.1) is 13.5 Å². The summed E-state index contributed by atoms with van der Waals surface area (Å²) < 4.78 is 4.62. The van der Waals surface area contributed by atoms with E-state index in [0.717, 1.165) is 26.1 Å². The zero-order chi connectivity index (χ0) is 11.3. The Hall–Kier alpha value is -0.870. The lowest BCUT2D eigenvalue weighted by Crippen LogP contribution is -2.50. The largest absolute Gasteiger partial charge is 0.469 e. The van der Waals surface area contributed by atoms with Crippen LogP contribution in [-0.4, -0.2) is 43.2 Å². The number of methoxy groups -OCH3 is 1. The number of carbonyl (C=O) groups is 1. The van der Waals surface area contributed by atoms with Gasteiger partial charge in [0.2, 0.25) is 0 Å². The molecular weight excluding hydrogens is 192 g/mol. The highest BCUT2D eigenvalue weighted by Gasteiger charge is 2.26. The molecule has 0 saturated heterocycles. The third-order valence-corrected chi connectivity index (χ3v) is 2.50. The second kappa shape index (κ2) is 5.28. The van der Waals surface area contributed by atoms with Crippen molar-refractivity contribution in [2.75, 3.05) is 26.7 Å². The van der Waals surface area contributed by atoms with Crippen molar-refractivity contribution in [2.24, 2.45) is 5.73 Å². The second-order valence-electron chi connectivity index (χ2n) is 4.40. The molecule has 1 heterocycles. The molecule has 1 rings (SSSR count). The van der Waals surface area contributed by atoms with Crippen molar-refractivity contribution in [1.82, 2.24) is 4.90 Å². The van der Waals surface area contributed by atoms with Crippen LogP contribution >= 0.6 is 0 Å². The Kier molecular flexibility index (Phi) is 4.29. The molecule has 0 bridgehead atoms. The van der Waals surface area contributed by atoms with Crippen LogP contribution in [0.4, 0.5) is 0 Å². The molecule has 1 atom stereocenters. The topological polar surface area (TPSA) is 55.6 Å². The average Bonchev–Trinajstić information content (AvgIpc) is 2.17. The molecule has 0 unspecified atom stereocenters. The molecule has 0 radical (unpaired) electrons. The van der Waals surface area contributed by atoms with Gasteiger partial charge >= 0.3 is 5.97 Å². The van der Waals surface area contributed by atoms with E-state index in [0.29, 0.717) is 0 Å². The van der Waals surface area contributed by atoms with Crippen molar-refractivity contribution in [3.8, 4) is 0 Å². The monoisotopic (exact) mass is 212 g/mol. The van der Waals surface area contributed by atoms with E-state index in [1.54, 1.807) is 0 Å². The van der Waals surface area contributed by atoms with Gasteiger partial charge in [0.25, 0.3) is 0 Å². The SMILES string of the molecule is COC(=O)C[C@@](C)(N)CN1CC=CCC1. The minimum absolute atomic E-state index is 0.243. The Labute approximate surface area is 91.1 Å². The van der Waals surface area contributed by atoms with Crippen molar-refractivity contribution < 1.29 is 9.53 Å². The minimum atomic E-state index is -0.502. The second-order valence-corrected chi connectivity index (χ2v) is 4.40. The Morgan fingerprint density at radius 1 is 1.60 bits per heavy atom. The van der Waals surface area contributed by atoms with E-state index in [1.165, 1.54) is 7.11 Å². The van der Waals surface area contributed by atoms with Crippen molar-refractivity contribution >= 4 is 5.97 Å². The molecule has 0 aliphatic carbocycles. The van der Waals surface area contributed by atoms with E-state index in [1.807, 2.05) is 6.92 Å². The first kappa shape index (κ1) is 12.2. The summed E-state index contributed by atoms with van der Waals surface area (Å²) in [5.74, 6) is -0.243. The van der Waals surface area contributed by atoms with Crippen LogP contribution in [-0.2, 0) is 9.53 Å². The fourth-order valence-electron chi connectivity index (χ4n) is 1.80. The molecule has 1 aliphatic rings. The summed E-state index contributed by atoms with van der Waals surface area (Å²) in [4.78, 5) is 13.4. The van der Waals surface area contributed by atoms with Gasteiger partial charge in [-0.25, -0.2) is 0 Å². The van der Waals surface area contributed by atoms with E-state index in [9.17, 15) is 4.79 Å². The molecule has 1 aliphatic heterocycles. The van der Waals surface area contributed by atoms with Gasteiger partial charge in [-0.15, -0.1) is 0 Å². The lowest BCUT2D eigenvalue weighted by atomic mass is 9.98. The summed E-state index contributed by atoms with van der Waals surface area (Å²) in [6, 6.07) is 0. The number of hydrogen-bond donors (Lipinski definition) is 1. The van der Waals surface area contributed by atoms with Gasteiger partial charge in [0.15, 0.2) is 0 Å². The first-order valence-corrected chi connectivity index (χ1v) is 5.26. The zero-order valence-electron chi connectivity index (χ0n) is 9.53. The molecule has 15 heavy (non-hydrogen) atoms. The first-order chi connectivity index (χ1) is 7.03. The maximum atomic E-state index is 11.1. The number of nitrogens with two attached hydrogens (primary N) is 1. The van der Waals surface area contributed by atoms with Gasteiger partial charge in [-0.05, 0) is 13.3 Å². The molecule has 0 amide bonds. The number of carbonyl (C=O) groups excluding carboxylic acids is 1. The molecule has 0 saturated carbocycles. The van der Waals surface area contributed by atoms with Crippen LogP contribution in [0.15, 0.2) is 12.2 Å². The smallest absolute Gasteiger partial charge is 0.307 e. The van der Waals surface area contributed by atoms with Crippen LogP contribution in [0.5, 0.6) is 0 Å². The molecule has 4 heteroatoms. The number of ether oxygens (including phenoxy) is 1. The van der Waals surface area contributed by atoms with Gasteiger partial charge in [-0.3, -0.25) is 9.69 Å². The lowest BCUT2D eigenvalue weighted by molar-refractivity contribution is -0.142. The quantitative estimate of drug-likeness (QED) is 0.545. The summed E-state index contributed by atoms with van der Waals surface area (Å²) in [7, 11) is 1.39. The zero-order valence-corrected chi connectivity index (χ0v) is 9.53. The molecule has 0 aromatic carbocycles. The Morgan fingerprint density at radius 2 is 2.33 bits per heavy atom. The van der Waals surface area contributed by atoms with Crippen LogP contribution in [0.3, 0.4) is 0 Å². The van der Waals surface area contributed by atoms with Crippen molar-refractivity contribution in [1.29, 1.82) is 0 Å². The summed E-state index contributed by atoms with van der Waals surface area (Å²) >= 11 is 0. The van der Waals surface area contributed by atoms with Gasteiger partial charge in [-0.2, -0.15) is 0 Å². The Balaban J connectivity index is 2.40. The van der Waals surface area contributed by atoms with Crippen molar-refractivity contribution in [3.05, 3.63) is 12.2 Å². The fourth-order valence-corrected chi connectivity index (χ4v) is 1.80. The highest BCUT2D eigenvalue weighted by atomic mass is 16.5. The Bertz CT molecular complexity index is 249. The maximum absolute atomic E-state index is 11.1. The highest BCUT2D eigenvalue weighted by Crippen LogP contribution is 2.11. The van der Waals surface area contributed by atoms with Gasteiger partial charge in [-0.1, -0.05) is 12.2 Å². The van der Waals surface area contributed by atoms with Crippen LogP contribution < -0.4 is 5.73 Å². The normalized spacial score (nSPS) is 21.0. The minimum Gasteiger partial charge on any atom is -0.469 e. The van der Waals surface area contributed by atoms with E-state index in [2.05, 4.69) is 21.8 Å². The van der Waals surface area contributed by atoms with E-state index >= 15 is 0 Å². The molecule has 0 aromatic heterocycles. The molecule has 86 valence electrons. The molecule has 0 spiro atoms. The fraction of sp³-hybridized carbons (Fsp3) is 0.727. The van der Waals surface area contributed by atoms with E-state index < -0.39 is 5.54 Å². The molecule has 0 fully saturated rings. The third kappa shape index (κ3) is 4.44. The number of esters is 1. The third-order valence-electron chi connectivity index (χ3n) is 2.50. The summed E-state index contributed by atoms with van der Waals surface area (Å²) in [6.45, 7) is 4.56. The first-order valence-electron chi connectivity index (χ1n) is 5.26. The van der Waals surface area contributed by atoms with Crippen molar-refractivity contribution in [2.45, 2.75) is 25.3 Å². The molecular formula is C11H20N2O2. The highest BCUT2D eigenvalue weighted by molar-refractivity contribution is 5.70. The maximum Gasteiger partial charge on any atom is 0.307 e. The van der Waals surface area contributed by atoms with Gasteiger partial charge in [0, 0.05) is 25.2 Å². The summed E-state index contributed by atoms with van der Waals surface area (Å²) in [5.41, 5.74) is 5.56. The predicted octanol–water partition coefficient (Wildman–Crippen LogP) is 0.529. The molecule has 4 nitrogen and oxygen atoms in total. The number of rotatable bonds is 4. The van der Waals surface area contributed by atoms with Gasteiger partial charge < -0.3 is 10.5 Å². The Morgan fingerprint density at radius 3 is 2.87 bits per heavy atom. The molecule has 0 aromatic rings. The van der Waals surface area contributed by atoms with E-state index in [-0.39, 0.29) is 12.4 Å². The lowest BCUT2D eigenvalue weighted by Gasteiger charge is -2.32. The predicted molar refractivity (Wildman–Crippen MR) is 59.4 cm³/mol. The molecule has 2 N–H and O–H groups in total. The summed E-state index contributed by atoms with van der Waals surface area (Å²) in [6.07, 6.45) is 5.64. The van der Waals surface area contributed by atoms with E-state index in [4.69, 9.17) is 5.73 Å². The standard InChI is InChI=1S/C11H20N2O2/c1-11(12,8-10(14)15-2)9-13-6-4-3-5-7-13/h3-4H,5-9,12H2,1-2H3/t11-/m1/s1. The van der Waals surface area contributed by atoms with Crippen molar-refractivity contribution in [3.63, 3.8) is 0 Å². The van der Waals surface area contributed by atoms with Crippen LogP contribution in [0.1, 0.15) is 19.8 Å². The van der Waals surface area contributed by atoms with Gasteiger partial charge in [0.1, 0.15) is 0 Å². The van der Waals surface area contributed by atoms with Crippen LogP contribution in [0, 0.1) is 0 Å². The summed E-state index contributed by atoms with van der Waals surface area (Å²) in [5, 5.41) is 0.